The molecule has 3 saturated heterocycles. The van der Waals surface area contributed by atoms with Gasteiger partial charge < -0.3 is 19.1 Å². The van der Waals surface area contributed by atoms with Gasteiger partial charge in [-0.1, -0.05) is 0 Å². The molecule has 0 aliphatic carbocycles. The summed E-state index contributed by atoms with van der Waals surface area (Å²) in [4.78, 5) is 7.47. The molecule has 0 bridgehead atoms. The van der Waals surface area contributed by atoms with E-state index in [2.05, 4.69) is 29.1 Å². The molecule has 0 amide bonds. The average Bonchev–Trinajstić information content (AvgIpc) is 3.56. The summed E-state index contributed by atoms with van der Waals surface area (Å²) in [5.74, 6) is 0.910. The fraction of sp³-hybridized carbons (Fsp3) is 0.600. The van der Waals surface area contributed by atoms with Crippen molar-refractivity contribution in [3.63, 3.8) is 0 Å². The van der Waals surface area contributed by atoms with Gasteiger partial charge >= 0.3 is 0 Å². The molecular weight excluding hydrogens is 464 g/mol. The van der Waals surface area contributed by atoms with Gasteiger partial charge in [-0.25, -0.2) is 9.67 Å². The number of aromatic nitrogens is 4. The van der Waals surface area contributed by atoms with Crippen LogP contribution in [0.15, 0.2) is 18.3 Å². The molecule has 3 fully saturated rings. The van der Waals surface area contributed by atoms with Crippen LogP contribution in [-0.4, -0.2) is 58.2 Å². The Kier molecular flexibility index (Phi) is 6.41. The zero-order valence-electron chi connectivity index (χ0n) is 19.9. The van der Waals surface area contributed by atoms with E-state index in [-0.39, 0.29) is 24.3 Å². The SMILES string of the molecule is C[C@@H]1COCCN1c1cc(C2CC(C#N)CCO2)c2snc(-c3ccnn3C3CCCCO3)c2n1. The van der Waals surface area contributed by atoms with E-state index in [0.717, 1.165) is 71.8 Å². The van der Waals surface area contributed by atoms with Gasteiger partial charge in [0.2, 0.25) is 0 Å². The largest absolute Gasteiger partial charge is 0.377 e. The summed E-state index contributed by atoms with van der Waals surface area (Å²) in [6.45, 7) is 5.64. The summed E-state index contributed by atoms with van der Waals surface area (Å²) in [6, 6.07) is 6.82. The van der Waals surface area contributed by atoms with Crippen molar-refractivity contribution in [3.05, 3.63) is 23.9 Å². The van der Waals surface area contributed by atoms with E-state index in [0.29, 0.717) is 26.2 Å². The van der Waals surface area contributed by atoms with Crippen LogP contribution < -0.4 is 4.90 Å². The maximum Gasteiger partial charge on any atom is 0.150 e. The molecule has 3 aromatic heterocycles. The van der Waals surface area contributed by atoms with Crippen LogP contribution in [-0.2, 0) is 14.2 Å². The van der Waals surface area contributed by atoms with Gasteiger partial charge in [-0.05, 0) is 62.7 Å². The molecular formula is C25H30N6O3S. The smallest absolute Gasteiger partial charge is 0.150 e. The van der Waals surface area contributed by atoms with Gasteiger partial charge in [-0.15, -0.1) is 0 Å². The van der Waals surface area contributed by atoms with Gasteiger partial charge in [0.05, 0.1) is 47.7 Å². The number of fused-ring (bicyclic) bond motifs is 1. The lowest BCUT2D eigenvalue weighted by molar-refractivity contribution is -0.0383. The standard InChI is InChI=1S/C25H30N6O3S/c1-16-15-32-11-8-30(16)21-13-18(20-12-17(14-26)6-10-33-20)25-24(28-21)23(29-35-25)19-5-7-27-31(19)22-4-2-3-9-34-22/h5,7,13,16-17,20,22H,2-4,6,8-12,15H2,1H3/t16-,17?,20?,22?/m1/s1. The molecule has 10 heteroatoms. The minimum atomic E-state index is -0.145. The van der Waals surface area contributed by atoms with Gasteiger partial charge in [0.1, 0.15) is 17.0 Å². The van der Waals surface area contributed by atoms with Crippen molar-refractivity contribution in [3.8, 4) is 17.5 Å². The lowest BCUT2D eigenvalue weighted by Gasteiger charge is -2.35. The lowest BCUT2D eigenvalue weighted by atomic mass is 9.93. The number of pyridine rings is 1. The first kappa shape index (κ1) is 22.9. The van der Waals surface area contributed by atoms with E-state index in [4.69, 9.17) is 23.6 Å². The predicted octanol–water partition coefficient (Wildman–Crippen LogP) is 4.47. The van der Waals surface area contributed by atoms with E-state index in [1.54, 1.807) is 0 Å². The van der Waals surface area contributed by atoms with E-state index in [9.17, 15) is 5.26 Å². The first-order chi connectivity index (χ1) is 17.2. The van der Waals surface area contributed by atoms with E-state index >= 15 is 0 Å². The topological polar surface area (TPSA) is 98.3 Å². The van der Waals surface area contributed by atoms with Crippen LogP contribution >= 0.6 is 11.5 Å². The van der Waals surface area contributed by atoms with Crippen LogP contribution in [0.1, 0.15) is 56.9 Å². The number of rotatable bonds is 4. The second kappa shape index (κ2) is 9.82. The van der Waals surface area contributed by atoms with E-state index in [1.165, 1.54) is 11.5 Å². The number of anilines is 1. The molecule has 3 unspecified atom stereocenters. The minimum Gasteiger partial charge on any atom is -0.377 e. The Morgan fingerprint density at radius 1 is 1.17 bits per heavy atom. The van der Waals surface area contributed by atoms with Crippen molar-refractivity contribution in [2.45, 2.75) is 57.4 Å². The Balaban J connectivity index is 1.47. The van der Waals surface area contributed by atoms with Crippen LogP contribution in [0, 0.1) is 17.2 Å². The van der Waals surface area contributed by atoms with Crippen molar-refractivity contribution in [2.24, 2.45) is 5.92 Å². The second-order valence-corrected chi connectivity index (χ2v) is 10.4. The highest BCUT2D eigenvalue weighted by atomic mass is 32.1. The highest BCUT2D eigenvalue weighted by Crippen LogP contribution is 2.42. The van der Waals surface area contributed by atoms with Crippen molar-refractivity contribution in [1.82, 2.24) is 19.1 Å². The van der Waals surface area contributed by atoms with Crippen molar-refractivity contribution in [1.29, 1.82) is 5.26 Å². The second-order valence-electron chi connectivity index (χ2n) is 9.59. The molecule has 3 aromatic rings. The minimum absolute atomic E-state index is 0.000000324. The molecule has 6 heterocycles. The van der Waals surface area contributed by atoms with Crippen LogP contribution in [0.2, 0.25) is 0 Å². The molecule has 6 rings (SSSR count). The first-order valence-electron chi connectivity index (χ1n) is 12.5. The van der Waals surface area contributed by atoms with Crippen LogP contribution in [0.25, 0.3) is 21.6 Å². The Morgan fingerprint density at radius 3 is 2.94 bits per heavy atom. The fourth-order valence-corrected chi connectivity index (χ4v) is 6.22. The van der Waals surface area contributed by atoms with Gasteiger partial charge in [-0.2, -0.15) is 14.7 Å². The summed E-state index contributed by atoms with van der Waals surface area (Å²) in [7, 11) is 0. The number of nitriles is 1. The van der Waals surface area contributed by atoms with Gasteiger partial charge in [0.25, 0.3) is 0 Å². The Labute approximate surface area is 208 Å². The van der Waals surface area contributed by atoms with Gasteiger partial charge in [-0.3, -0.25) is 0 Å². The summed E-state index contributed by atoms with van der Waals surface area (Å²) in [5, 5.41) is 14.2. The van der Waals surface area contributed by atoms with Crippen molar-refractivity contribution < 1.29 is 14.2 Å². The molecule has 0 saturated carbocycles. The third-order valence-electron chi connectivity index (χ3n) is 7.26. The van der Waals surface area contributed by atoms with Gasteiger partial charge in [0.15, 0.2) is 6.23 Å². The Morgan fingerprint density at radius 2 is 2.11 bits per heavy atom. The summed E-state index contributed by atoms with van der Waals surface area (Å²) < 4.78 is 25.8. The van der Waals surface area contributed by atoms with Crippen molar-refractivity contribution >= 4 is 27.6 Å². The molecule has 3 aliphatic heterocycles. The maximum atomic E-state index is 9.57. The number of hydrogen-bond acceptors (Lipinski definition) is 9. The third-order valence-corrected chi connectivity index (χ3v) is 8.14. The highest BCUT2D eigenvalue weighted by Gasteiger charge is 2.31. The number of morpholine rings is 1. The molecule has 0 aromatic carbocycles. The monoisotopic (exact) mass is 494 g/mol. The molecule has 9 nitrogen and oxygen atoms in total. The quantitative estimate of drug-likeness (QED) is 0.524. The molecule has 0 radical (unpaired) electrons. The number of nitrogens with zero attached hydrogens (tertiary/aromatic N) is 6. The Bertz CT molecular complexity index is 1230. The summed E-state index contributed by atoms with van der Waals surface area (Å²) in [5.41, 5.74) is 3.69. The normalized spacial score (nSPS) is 27.7. The number of hydrogen-bond donors (Lipinski definition) is 0. The summed E-state index contributed by atoms with van der Waals surface area (Å²) in [6.07, 6.45) is 6.22. The van der Waals surface area contributed by atoms with Gasteiger partial charge in [0, 0.05) is 31.5 Å². The fourth-order valence-electron chi connectivity index (χ4n) is 5.33. The summed E-state index contributed by atoms with van der Waals surface area (Å²) >= 11 is 1.45. The zero-order valence-corrected chi connectivity index (χ0v) is 20.7. The van der Waals surface area contributed by atoms with E-state index < -0.39 is 0 Å². The molecule has 0 spiro atoms. The zero-order chi connectivity index (χ0) is 23.8. The molecule has 0 N–H and O–H groups in total. The molecule has 184 valence electrons. The Hall–Kier alpha value is -2.58. The first-order valence-corrected chi connectivity index (χ1v) is 13.3. The molecule has 3 aliphatic rings. The average molecular weight is 495 g/mol. The molecule has 4 atom stereocenters. The predicted molar refractivity (Wildman–Crippen MR) is 132 cm³/mol. The van der Waals surface area contributed by atoms with Crippen LogP contribution in [0.5, 0.6) is 0 Å². The number of ether oxygens (including phenoxy) is 3. The maximum absolute atomic E-state index is 9.57. The van der Waals surface area contributed by atoms with E-state index in [1.807, 2.05) is 16.9 Å². The lowest BCUT2D eigenvalue weighted by Crippen LogP contribution is -2.44. The highest BCUT2D eigenvalue weighted by molar-refractivity contribution is 7.13. The molecule has 35 heavy (non-hydrogen) atoms. The third kappa shape index (κ3) is 4.31. The van der Waals surface area contributed by atoms with Crippen LogP contribution in [0.3, 0.4) is 0 Å². The van der Waals surface area contributed by atoms with Crippen molar-refractivity contribution in [2.75, 3.05) is 37.9 Å². The van der Waals surface area contributed by atoms with Crippen LogP contribution in [0.4, 0.5) is 5.82 Å².